The van der Waals surface area contributed by atoms with Crippen molar-refractivity contribution in [1.29, 1.82) is 0 Å². The summed E-state index contributed by atoms with van der Waals surface area (Å²) in [5, 5.41) is 23.2. The van der Waals surface area contributed by atoms with Crippen LogP contribution in [-0.4, -0.2) is 120 Å². The molecule has 1 unspecified atom stereocenters. The second-order valence-electron chi connectivity index (χ2n) is 23.0. The van der Waals surface area contributed by atoms with Crippen molar-refractivity contribution in [3.63, 3.8) is 0 Å². The maximum absolute atomic E-state index is 15.0. The first-order valence-corrected chi connectivity index (χ1v) is 26.5. The molecule has 2 aliphatic heterocycles. The lowest BCUT2D eigenvalue weighted by atomic mass is 9.83. The van der Waals surface area contributed by atoms with Gasteiger partial charge in [0.25, 0.3) is 5.91 Å². The number of benzene rings is 3. The Kier molecular flexibility index (Phi) is 17.6. The molecule has 0 saturated carbocycles. The van der Waals surface area contributed by atoms with Crippen molar-refractivity contribution < 1.29 is 38.4 Å². The summed E-state index contributed by atoms with van der Waals surface area (Å²) in [7, 11) is 3.24. The number of likely N-dealkylation sites (tertiary alicyclic amines) is 1. The number of urea groups is 1. The number of aryl methyl sites for hydroxylation is 2. The number of hydrogen-bond acceptors (Lipinski definition) is 10. The summed E-state index contributed by atoms with van der Waals surface area (Å²) >= 11 is 0. The number of carbonyl (C=O) groups excluding carboxylic acids is 8. The van der Waals surface area contributed by atoms with Crippen LogP contribution in [0.1, 0.15) is 143 Å². The van der Waals surface area contributed by atoms with Gasteiger partial charge in [0, 0.05) is 31.1 Å². The van der Waals surface area contributed by atoms with E-state index in [1.54, 1.807) is 66.9 Å². The zero-order valence-electron chi connectivity index (χ0n) is 45.3. The fourth-order valence-corrected chi connectivity index (χ4v) is 10.8. The highest BCUT2D eigenvalue weighted by Gasteiger charge is 2.47. The van der Waals surface area contributed by atoms with E-state index in [1.165, 1.54) is 15.4 Å². The molecular formula is C57H78N10O8. The predicted molar refractivity (Wildman–Crippen MR) is 285 cm³/mol. The van der Waals surface area contributed by atoms with Crippen molar-refractivity contribution >= 4 is 47.4 Å². The van der Waals surface area contributed by atoms with Crippen LogP contribution in [0.3, 0.4) is 0 Å². The third kappa shape index (κ3) is 13.1. The number of carbonyl (C=O) groups is 8. The summed E-state index contributed by atoms with van der Waals surface area (Å²) in [5.74, 6) is -3.12. The number of rotatable bonds is 14. The minimum absolute atomic E-state index is 0.0227. The molecule has 0 radical (unpaired) electrons. The maximum atomic E-state index is 15.0. The van der Waals surface area contributed by atoms with E-state index in [2.05, 4.69) is 54.7 Å². The molecule has 0 spiro atoms. The Morgan fingerprint density at radius 1 is 0.587 bits per heavy atom. The average molecular weight is 1030 g/mol. The first-order chi connectivity index (χ1) is 35.5. The number of fused-ring (bicyclic) bond motifs is 3. The number of nitrogens with one attached hydrogen (secondary N) is 8. The molecule has 404 valence electrons. The van der Waals surface area contributed by atoms with Crippen molar-refractivity contribution in [2.75, 3.05) is 20.6 Å². The van der Waals surface area contributed by atoms with Crippen molar-refractivity contribution in [3.8, 4) is 0 Å². The summed E-state index contributed by atoms with van der Waals surface area (Å²) in [6.45, 7) is 14.1. The minimum atomic E-state index is -1.18. The van der Waals surface area contributed by atoms with Gasteiger partial charge in [0.1, 0.15) is 24.2 Å². The van der Waals surface area contributed by atoms with Crippen molar-refractivity contribution in [3.05, 3.63) is 106 Å². The molecule has 75 heavy (non-hydrogen) atoms. The molecule has 4 aliphatic rings. The van der Waals surface area contributed by atoms with Gasteiger partial charge in [-0.25, -0.2) is 4.79 Å². The lowest BCUT2D eigenvalue weighted by Gasteiger charge is -2.42. The zero-order chi connectivity index (χ0) is 54.5. The van der Waals surface area contributed by atoms with E-state index in [0.717, 1.165) is 54.4 Å². The largest absolute Gasteiger partial charge is 0.347 e. The third-order valence-electron chi connectivity index (χ3n) is 15.5. The molecule has 9 amide bonds. The van der Waals surface area contributed by atoms with E-state index < -0.39 is 88.7 Å². The second kappa shape index (κ2) is 23.5. The first kappa shape index (κ1) is 56.1. The van der Waals surface area contributed by atoms with Crippen molar-refractivity contribution in [2.45, 2.75) is 168 Å². The monoisotopic (exact) mass is 1030 g/mol. The molecule has 9 atom stereocenters. The van der Waals surface area contributed by atoms with E-state index in [0.29, 0.717) is 12.0 Å². The summed E-state index contributed by atoms with van der Waals surface area (Å²) in [5.41, 5.74) is 4.47. The Morgan fingerprint density at radius 2 is 1.11 bits per heavy atom. The molecule has 0 aromatic heterocycles. The van der Waals surface area contributed by atoms with E-state index in [1.807, 2.05) is 57.2 Å². The van der Waals surface area contributed by atoms with Crippen LogP contribution >= 0.6 is 0 Å². The topological polar surface area (TPSA) is 239 Å². The molecular weight excluding hydrogens is 953 g/mol. The Hall–Kier alpha value is -6.66. The van der Waals surface area contributed by atoms with E-state index in [4.69, 9.17) is 0 Å². The Balaban J connectivity index is 1.15. The Bertz CT molecular complexity index is 2660. The molecule has 18 heteroatoms. The Labute approximate surface area is 441 Å². The molecule has 2 aliphatic carbocycles. The SMILES string of the molecule is CN[C@@H](C)C(=O)NC(=O)N[C@H](C(=O)N1C[C@@H](NC(=O)c2ccc3c(c2)CN(C(=O)[C@@H](NC(=O)[C@H](C)NC)C(C)(C)C)[C@H](C(=O)N[C@@H]2CCCc4ccccc42)C3)CC1C(=O)N[C@@H]1CCCc2ccccc21)C(C)(C)C. The van der Waals surface area contributed by atoms with Gasteiger partial charge in [-0.1, -0.05) is 96.1 Å². The van der Waals surface area contributed by atoms with Crippen LogP contribution in [0.5, 0.6) is 0 Å². The first-order valence-electron chi connectivity index (χ1n) is 26.5. The number of hydrogen-bond donors (Lipinski definition) is 8. The number of imide groups is 1. The van der Waals surface area contributed by atoms with Gasteiger partial charge in [0.15, 0.2) is 0 Å². The van der Waals surface area contributed by atoms with Crippen LogP contribution in [0.4, 0.5) is 4.79 Å². The lowest BCUT2D eigenvalue weighted by Crippen LogP contribution is -2.62. The predicted octanol–water partition coefficient (Wildman–Crippen LogP) is 4.01. The number of nitrogens with zero attached hydrogens (tertiary/aromatic N) is 2. The molecule has 0 bridgehead atoms. The number of likely N-dealkylation sites (N-methyl/N-ethyl adjacent to an activating group) is 2. The molecule has 3 aromatic rings. The molecule has 1 saturated heterocycles. The van der Waals surface area contributed by atoms with Crippen LogP contribution < -0.4 is 42.5 Å². The van der Waals surface area contributed by atoms with Crippen molar-refractivity contribution in [1.82, 2.24) is 52.3 Å². The van der Waals surface area contributed by atoms with Gasteiger partial charge in [0.05, 0.1) is 24.2 Å². The smallest absolute Gasteiger partial charge is 0.322 e. The molecule has 2 heterocycles. The van der Waals surface area contributed by atoms with Gasteiger partial charge in [-0.15, -0.1) is 0 Å². The van der Waals surface area contributed by atoms with E-state index in [-0.39, 0.29) is 55.4 Å². The van der Waals surface area contributed by atoms with Gasteiger partial charge < -0.3 is 47.0 Å². The van der Waals surface area contributed by atoms with Crippen LogP contribution in [0.15, 0.2) is 66.7 Å². The molecule has 3 aromatic carbocycles. The van der Waals surface area contributed by atoms with Crippen LogP contribution in [0, 0.1) is 10.8 Å². The molecule has 1 fully saturated rings. The summed E-state index contributed by atoms with van der Waals surface area (Å²) in [6.07, 6.45) is 5.25. The highest BCUT2D eigenvalue weighted by atomic mass is 16.2. The average Bonchev–Trinajstić information content (AvgIpc) is 3.81. The fourth-order valence-electron chi connectivity index (χ4n) is 10.8. The van der Waals surface area contributed by atoms with Gasteiger partial charge in [-0.05, 0) is 129 Å². The summed E-state index contributed by atoms with van der Waals surface area (Å²) in [6, 6.07) is 13.7. The van der Waals surface area contributed by atoms with Gasteiger partial charge in [0.2, 0.25) is 35.4 Å². The minimum Gasteiger partial charge on any atom is -0.347 e. The summed E-state index contributed by atoms with van der Waals surface area (Å²) in [4.78, 5) is 116. The van der Waals surface area contributed by atoms with Gasteiger partial charge >= 0.3 is 6.03 Å². The summed E-state index contributed by atoms with van der Waals surface area (Å²) < 4.78 is 0. The normalized spacial score (nSPS) is 21.9. The van der Waals surface area contributed by atoms with E-state index >= 15 is 0 Å². The van der Waals surface area contributed by atoms with Gasteiger partial charge in [-0.2, -0.15) is 0 Å². The van der Waals surface area contributed by atoms with Crippen LogP contribution in [-0.2, 0) is 54.6 Å². The second-order valence-corrected chi connectivity index (χ2v) is 23.0. The maximum Gasteiger partial charge on any atom is 0.322 e. The van der Waals surface area contributed by atoms with Crippen LogP contribution in [0.25, 0.3) is 0 Å². The lowest BCUT2D eigenvalue weighted by molar-refractivity contribution is -0.147. The Morgan fingerprint density at radius 3 is 1.67 bits per heavy atom. The molecule has 8 N–H and O–H groups in total. The fraction of sp³-hybridized carbons (Fsp3) is 0.544. The number of amides is 9. The van der Waals surface area contributed by atoms with E-state index in [9.17, 15) is 38.4 Å². The van der Waals surface area contributed by atoms with Crippen LogP contribution in [0.2, 0.25) is 0 Å². The highest BCUT2D eigenvalue weighted by molar-refractivity contribution is 6.00. The third-order valence-corrected chi connectivity index (χ3v) is 15.5. The zero-order valence-corrected chi connectivity index (χ0v) is 45.3. The molecule has 7 rings (SSSR count). The van der Waals surface area contributed by atoms with Gasteiger partial charge in [-0.3, -0.25) is 38.9 Å². The standard InChI is InChI=1S/C57H78N10O8/c1-32(58-9)48(68)63-46(56(3,4)5)53(73)66-30-38-27-37(26-25-36(38)28-44(66)51(71)61-42-23-15-19-34-17-11-13-21-40(34)42)50(70)60-39-29-45(52(72)62-43-24-16-20-35-18-12-14-22-41(35)43)67(31-39)54(74)47(57(6,7)8)64-55(75)65-49(69)33(2)59-10/h11-14,17-18,21-22,25-27,32-33,39,42-47,58-59H,15-16,19-20,23-24,28-31H2,1-10H3,(H,60,70)(H,61,71)(H,62,72)(H,63,68)(H2,64,65,69,75)/t32-,33-,39-,42+,43+,44-,45?,46+,47+/m0/s1. The highest BCUT2D eigenvalue weighted by Crippen LogP contribution is 2.34. The quantitative estimate of drug-likeness (QED) is 0.116. The molecule has 18 nitrogen and oxygen atoms in total. The van der Waals surface area contributed by atoms with Crippen molar-refractivity contribution in [2.24, 2.45) is 10.8 Å².